The Kier molecular flexibility index (Phi) is 3.64. The van der Waals surface area contributed by atoms with Gasteiger partial charge in [0.2, 0.25) is 0 Å². The molecule has 0 bridgehead atoms. The van der Waals surface area contributed by atoms with Gasteiger partial charge in [-0.2, -0.15) is 0 Å². The van der Waals surface area contributed by atoms with Crippen LogP contribution in [0.1, 0.15) is 6.42 Å². The van der Waals surface area contributed by atoms with Gasteiger partial charge in [0.05, 0.1) is 19.6 Å². The van der Waals surface area contributed by atoms with Crippen LogP contribution in [0.2, 0.25) is 0 Å². The van der Waals surface area contributed by atoms with Crippen molar-refractivity contribution in [2.24, 2.45) is 0 Å². The number of nitrogens with zero attached hydrogens (tertiary/aromatic N) is 1. The summed E-state index contributed by atoms with van der Waals surface area (Å²) in [5, 5.41) is 2.87. The SMILES string of the molecule is CNCC#CCN1CCC(F)(F)C1. The zero-order valence-corrected chi connectivity index (χ0v) is 7.74. The Morgan fingerprint density at radius 3 is 2.77 bits per heavy atom. The molecule has 0 aromatic carbocycles. The molecule has 0 aliphatic carbocycles. The first-order chi connectivity index (χ1) is 6.14. The van der Waals surface area contributed by atoms with Gasteiger partial charge in [-0.05, 0) is 7.05 Å². The predicted molar refractivity (Wildman–Crippen MR) is 47.7 cm³/mol. The van der Waals surface area contributed by atoms with Crippen LogP contribution in [0.5, 0.6) is 0 Å². The largest absolute Gasteiger partial charge is 0.309 e. The number of rotatable bonds is 2. The average molecular weight is 188 g/mol. The molecule has 13 heavy (non-hydrogen) atoms. The zero-order valence-electron chi connectivity index (χ0n) is 7.74. The highest BCUT2D eigenvalue weighted by molar-refractivity contribution is 5.03. The van der Waals surface area contributed by atoms with Gasteiger partial charge in [-0.15, -0.1) is 0 Å². The van der Waals surface area contributed by atoms with Crippen molar-refractivity contribution >= 4 is 0 Å². The summed E-state index contributed by atoms with van der Waals surface area (Å²) in [6.07, 6.45) is -0.0271. The fourth-order valence-corrected chi connectivity index (χ4v) is 1.26. The molecule has 0 aromatic heterocycles. The van der Waals surface area contributed by atoms with E-state index in [1.165, 1.54) is 0 Å². The highest BCUT2D eigenvalue weighted by Crippen LogP contribution is 2.25. The van der Waals surface area contributed by atoms with Crippen molar-refractivity contribution in [1.82, 2.24) is 10.2 Å². The van der Waals surface area contributed by atoms with Gasteiger partial charge in [-0.1, -0.05) is 11.8 Å². The summed E-state index contributed by atoms with van der Waals surface area (Å²) in [6, 6.07) is 0. The van der Waals surface area contributed by atoms with Crippen LogP contribution in [0.3, 0.4) is 0 Å². The van der Waals surface area contributed by atoms with Crippen LogP contribution in [0.25, 0.3) is 0 Å². The van der Waals surface area contributed by atoms with E-state index in [1.807, 2.05) is 0 Å². The minimum Gasteiger partial charge on any atom is -0.309 e. The molecular formula is C9H14F2N2. The minimum absolute atomic E-state index is 0.0271. The highest BCUT2D eigenvalue weighted by atomic mass is 19.3. The second-order valence-corrected chi connectivity index (χ2v) is 3.20. The molecule has 1 saturated heterocycles. The van der Waals surface area contributed by atoms with Gasteiger partial charge in [0.1, 0.15) is 0 Å². The number of nitrogens with one attached hydrogen (secondary N) is 1. The molecule has 0 unspecified atom stereocenters. The van der Waals surface area contributed by atoms with Crippen molar-refractivity contribution in [2.75, 3.05) is 33.2 Å². The Morgan fingerprint density at radius 2 is 2.23 bits per heavy atom. The van der Waals surface area contributed by atoms with E-state index in [-0.39, 0.29) is 13.0 Å². The van der Waals surface area contributed by atoms with Crippen LogP contribution in [0.15, 0.2) is 0 Å². The molecule has 0 amide bonds. The molecule has 0 atom stereocenters. The molecule has 2 nitrogen and oxygen atoms in total. The van der Waals surface area contributed by atoms with Crippen molar-refractivity contribution in [3.63, 3.8) is 0 Å². The second-order valence-electron chi connectivity index (χ2n) is 3.20. The lowest BCUT2D eigenvalue weighted by molar-refractivity contribution is 0.0135. The number of alkyl halides is 2. The third-order valence-corrected chi connectivity index (χ3v) is 1.94. The highest BCUT2D eigenvalue weighted by Gasteiger charge is 2.37. The monoisotopic (exact) mass is 188 g/mol. The molecule has 1 fully saturated rings. The lowest BCUT2D eigenvalue weighted by atomic mass is 10.3. The van der Waals surface area contributed by atoms with E-state index in [4.69, 9.17) is 0 Å². The van der Waals surface area contributed by atoms with E-state index < -0.39 is 5.92 Å². The molecule has 4 heteroatoms. The smallest absolute Gasteiger partial charge is 0.261 e. The first-order valence-corrected chi connectivity index (χ1v) is 4.34. The minimum atomic E-state index is -2.50. The van der Waals surface area contributed by atoms with Gasteiger partial charge in [0.25, 0.3) is 5.92 Å². The van der Waals surface area contributed by atoms with Crippen LogP contribution in [-0.4, -0.2) is 44.0 Å². The summed E-state index contributed by atoms with van der Waals surface area (Å²) in [5.41, 5.74) is 0. The molecule has 0 spiro atoms. The van der Waals surface area contributed by atoms with Crippen molar-refractivity contribution in [3.05, 3.63) is 0 Å². The van der Waals surface area contributed by atoms with E-state index in [0.29, 0.717) is 19.6 Å². The fraction of sp³-hybridized carbons (Fsp3) is 0.778. The molecular weight excluding hydrogens is 174 g/mol. The summed E-state index contributed by atoms with van der Waals surface area (Å²) in [5.74, 6) is 3.19. The molecule has 0 aromatic rings. The van der Waals surface area contributed by atoms with E-state index in [9.17, 15) is 8.78 Å². The van der Waals surface area contributed by atoms with Gasteiger partial charge >= 0.3 is 0 Å². The number of likely N-dealkylation sites (tertiary alicyclic amines) is 1. The zero-order chi connectivity index (χ0) is 9.73. The summed E-state index contributed by atoms with van der Waals surface area (Å²) < 4.78 is 25.3. The van der Waals surface area contributed by atoms with Crippen molar-refractivity contribution in [2.45, 2.75) is 12.3 Å². The quantitative estimate of drug-likeness (QED) is 0.637. The fourth-order valence-electron chi connectivity index (χ4n) is 1.26. The molecule has 1 heterocycles. The number of hydrogen-bond donors (Lipinski definition) is 1. The molecule has 1 rings (SSSR count). The first kappa shape index (κ1) is 10.4. The van der Waals surface area contributed by atoms with Gasteiger partial charge in [0.15, 0.2) is 0 Å². The average Bonchev–Trinajstić information content (AvgIpc) is 2.40. The Hall–Kier alpha value is -0.660. The third-order valence-electron chi connectivity index (χ3n) is 1.94. The molecule has 74 valence electrons. The van der Waals surface area contributed by atoms with Gasteiger partial charge in [-0.3, -0.25) is 4.90 Å². The third kappa shape index (κ3) is 3.71. The maximum atomic E-state index is 12.7. The molecule has 1 aliphatic heterocycles. The Balaban J connectivity index is 2.22. The van der Waals surface area contributed by atoms with E-state index in [0.717, 1.165) is 0 Å². The molecule has 0 saturated carbocycles. The molecule has 1 aliphatic rings. The van der Waals surface area contributed by atoms with Crippen LogP contribution < -0.4 is 5.32 Å². The molecule has 0 radical (unpaired) electrons. The summed E-state index contributed by atoms with van der Waals surface area (Å²) in [7, 11) is 1.80. The normalized spacial score (nSPS) is 21.2. The summed E-state index contributed by atoms with van der Waals surface area (Å²) >= 11 is 0. The number of halogens is 2. The van der Waals surface area contributed by atoms with E-state index in [1.54, 1.807) is 11.9 Å². The number of hydrogen-bond acceptors (Lipinski definition) is 2. The van der Waals surface area contributed by atoms with E-state index >= 15 is 0 Å². The Morgan fingerprint density at radius 1 is 1.46 bits per heavy atom. The van der Waals surface area contributed by atoms with Crippen LogP contribution in [0.4, 0.5) is 8.78 Å². The Labute approximate surface area is 77.3 Å². The van der Waals surface area contributed by atoms with Crippen molar-refractivity contribution < 1.29 is 8.78 Å². The maximum absolute atomic E-state index is 12.7. The lowest BCUT2D eigenvalue weighted by Gasteiger charge is -2.10. The van der Waals surface area contributed by atoms with Crippen molar-refractivity contribution in [1.29, 1.82) is 0 Å². The van der Waals surface area contributed by atoms with Gasteiger partial charge in [0, 0.05) is 13.0 Å². The summed E-state index contributed by atoms with van der Waals surface area (Å²) in [6.45, 7) is 1.39. The topological polar surface area (TPSA) is 15.3 Å². The summed E-state index contributed by atoms with van der Waals surface area (Å²) in [4.78, 5) is 1.68. The van der Waals surface area contributed by atoms with Crippen LogP contribution in [0, 0.1) is 11.8 Å². The first-order valence-electron chi connectivity index (χ1n) is 4.34. The maximum Gasteiger partial charge on any atom is 0.261 e. The van der Waals surface area contributed by atoms with Gasteiger partial charge < -0.3 is 5.32 Å². The molecule has 1 N–H and O–H groups in total. The van der Waals surface area contributed by atoms with Crippen LogP contribution in [-0.2, 0) is 0 Å². The Bertz CT molecular complexity index is 217. The standard InChI is InChI=1S/C9H14F2N2/c1-12-5-2-3-6-13-7-4-9(10,11)8-13/h12H,4-8H2,1H3. The second kappa shape index (κ2) is 4.54. The lowest BCUT2D eigenvalue weighted by Crippen LogP contribution is -2.25. The van der Waals surface area contributed by atoms with Crippen LogP contribution >= 0.6 is 0 Å². The van der Waals surface area contributed by atoms with Gasteiger partial charge in [-0.25, -0.2) is 8.78 Å². The predicted octanol–water partition coefficient (Wildman–Crippen LogP) is 0.550. The van der Waals surface area contributed by atoms with Crippen molar-refractivity contribution in [3.8, 4) is 11.8 Å². The van der Waals surface area contributed by atoms with E-state index in [2.05, 4.69) is 17.2 Å².